The van der Waals surface area contributed by atoms with Gasteiger partial charge in [-0.15, -0.1) is 0 Å². The van der Waals surface area contributed by atoms with Crippen molar-refractivity contribution >= 4 is 6.03 Å². The number of rotatable bonds is 0. The number of carbonyl (C=O) groups excluding carboxylic acids is 1. The molecule has 1 aromatic heterocycles. The van der Waals surface area contributed by atoms with Gasteiger partial charge in [0.05, 0.1) is 12.2 Å². The Hall–Kier alpha value is -1.63. The van der Waals surface area contributed by atoms with Crippen molar-refractivity contribution in [2.24, 2.45) is 11.8 Å². The normalized spacial score (nSPS) is 29.5. The highest BCUT2D eigenvalue weighted by atomic mass is 16.2. The number of hydrogen-bond acceptors (Lipinski definition) is 4. The minimum atomic E-state index is 0.169. The van der Waals surface area contributed by atoms with E-state index in [1.165, 1.54) is 0 Å². The summed E-state index contributed by atoms with van der Waals surface area (Å²) in [6, 6.07) is 0.169. The average Bonchev–Trinajstić information content (AvgIpc) is 3.11. The number of likely N-dealkylation sites (tertiary alicyclic amines) is 1. The van der Waals surface area contributed by atoms with Gasteiger partial charge < -0.3 is 15.1 Å². The van der Waals surface area contributed by atoms with Crippen molar-refractivity contribution in [3.05, 3.63) is 11.4 Å². The Kier molecular flexibility index (Phi) is 2.48. The molecule has 2 saturated heterocycles. The molecule has 19 heavy (non-hydrogen) atoms. The Morgan fingerprint density at radius 3 is 2.63 bits per heavy atom. The van der Waals surface area contributed by atoms with Gasteiger partial charge in [0.2, 0.25) is 0 Å². The lowest BCUT2D eigenvalue weighted by Crippen LogP contribution is -2.45. The van der Waals surface area contributed by atoms with Crippen molar-refractivity contribution in [1.29, 1.82) is 0 Å². The summed E-state index contributed by atoms with van der Waals surface area (Å²) in [4.78, 5) is 16.5. The Morgan fingerprint density at radius 2 is 1.84 bits per heavy atom. The molecule has 2 amide bonds. The second-order valence-corrected chi connectivity index (χ2v) is 5.75. The van der Waals surface area contributed by atoms with Crippen LogP contribution in [0.2, 0.25) is 0 Å². The Bertz CT molecular complexity index is 488. The van der Waals surface area contributed by atoms with E-state index in [2.05, 4.69) is 20.7 Å². The summed E-state index contributed by atoms with van der Waals surface area (Å²) >= 11 is 0. The SMILES string of the molecule is O=C(N1CCc2n[nH]nc2C1)N1C[C@H]2CNC[C@@H]2C1. The van der Waals surface area contributed by atoms with E-state index in [-0.39, 0.29) is 6.03 Å². The van der Waals surface area contributed by atoms with Crippen molar-refractivity contribution < 1.29 is 4.79 Å². The molecule has 0 spiro atoms. The van der Waals surface area contributed by atoms with Gasteiger partial charge in [0.1, 0.15) is 5.69 Å². The molecule has 7 heteroatoms. The molecule has 7 nitrogen and oxygen atoms in total. The van der Waals surface area contributed by atoms with E-state index in [1.54, 1.807) is 0 Å². The average molecular weight is 262 g/mol. The molecule has 4 heterocycles. The maximum atomic E-state index is 12.5. The van der Waals surface area contributed by atoms with E-state index >= 15 is 0 Å². The smallest absolute Gasteiger partial charge is 0.320 e. The van der Waals surface area contributed by atoms with E-state index in [0.717, 1.165) is 50.5 Å². The van der Waals surface area contributed by atoms with Crippen LogP contribution >= 0.6 is 0 Å². The second kappa shape index (κ2) is 4.19. The van der Waals surface area contributed by atoms with Crippen LogP contribution in [0.5, 0.6) is 0 Å². The number of nitrogens with zero attached hydrogens (tertiary/aromatic N) is 4. The quantitative estimate of drug-likeness (QED) is 0.656. The van der Waals surface area contributed by atoms with Crippen LogP contribution in [0.25, 0.3) is 0 Å². The number of nitrogens with one attached hydrogen (secondary N) is 2. The third-order valence-corrected chi connectivity index (χ3v) is 4.59. The van der Waals surface area contributed by atoms with Crippen LogP contribution in [0.1, 0.15) is 11.4 Å². The monoisotopic (exact) mass is 262 g/mol. The molecular weight excluding hydrogens is 244 g/mol. The summed E-state index contributed by atoms with van der Waals surface area (Å²) in [7, 11) is 0. The van der Waals surface area contributed by atoms with Crippen molar-refractivity contribution in [3.8, 4) is 0 Å². The third kappa shape index (κ3) is 1.80. The second-order valence-electron chi connectivity index (χ2n) is 5.75. The summed E-state index contributed by atoms with van der Waals surface area (Å²) < 4.78 is 0. The van der Waals surface area contributed by atoms with E-state index in [0.29, 0.717) is 18.4 Å². The molecule has 2 atom stereocenters. The minimum absolute atomic E-state index is 0.169. The molecule has 0 bridgehead atoms. The van der Waals surface area contributed by atoms with Gasteiger partial charge in [0.25, 0.3) is 0 Å². The van der Waals surface area contributed by atoms with Gasteiger partial charge in [0.15, 0.2) is 0 Å². The molecule has 0 aliphatic carbocycles. The zero-order valence-corrected chi connectivity index (χ0v) is 10.8. The number of aromatic amines is 1. The van der Waals surface area contributed by atoms with Gasteiger partial charge >= 0.3 is 6.03 Å². The molecule has 4 rings (SSSR count). The van der Waals surface area contributed by atoms with E-state index in [9.17, 15) is 4.79 Å². The van der Waals surface area contributed by atoms with Crippen LogP contribution in [-0.4, -0.2) is 64.0 Å². The van der Waals surface area contributed by atoms with Gasteiger partial charge in [-0.1, -0.05) is 0 Å². The molecule has 0 unspecified atom stereocenters. The molecule has 102 valence electrons. The topological polar surface area (TPSA) is 77.2 Å². The zero-order chi connectivity index (χ0) is 12.8. The van der Waals surface area contributed by atoms with Crippen molar-refractivity contribution in [3.63, 3.8) is 0 Å². The lowest BCUT2D eigenvalue weighted by atomic mass is 10.0. The highest BCUT2D eigenvalue weighted by Crippen LogP contribution is 2.27. The van der Waals surface area contributed by atoms with Gasteiger partial charge in [-0.05, 0) is 11.8 Å². The molecule has 1 aromatic rings. The summed E-state index contributed by atoms with van der Waals surface area (Å²) in [5, 5.41) is 14.3. The first-order chi connectivity index (χ1) is 9.31. The molecular formula is C12H18N6O. The summed E-state index contributed by atoms with van der Waals surface area (Å²) in [5.41, 5.74) is 1.92. The first-order valence-electron chi connectivity index (χ1n) is 6.94. The number of H-pyrrole nitrogens is 1. The summed E-state index contributed by atoms with van der Waals surface area (Å²) in [6.45, 7) is 5.26. The predicted molar refractivity (Wildman–Crippen MR) is 67.3 cm³/mol. The standard InChI is InChI=1S/C12H18N6O/c19-12(18-5-8-3-13-4-9(8)6-18)17-2-1-10-11(7-17)15-16-14-10/h8-9,13H,1-7H2,(H,14,15,16)/t8-,9-/m1/s1. The summed E-state index contributed by atoms with van der Waals surface area (Å²) in [5.74, 6) is 1.30. The van der Waals surface area contributed by atoms with Crippen LogP contribution in [-0.2, 0) is 13.0 Å². The fraction of sp³-hybridized carbons (Fsp3) is 0.750. The maximum absolute atomic E-state index is 12.5. The Balaban J connectivity index is 1.44. The minimum Gasteiger partial charge on any atom is -0.324 e. The Labute approximate surface area is 111 Å². The van der Waals surface area contributed by atoms with Gasteiger partial charge in [-0.2, -0.15) is 15.4 Å². The first-order valence-corrected chi connectivity index (χ1v) is 6.94. The van der Waals surface area contributed by atoms with Gasteiger partial charge in [-0.3, -0.25) is 0 Å². The van der Waals surface area contributed by atoms with Crippen molar-refractivity contribution in [2.45, 2.75) is 13.0 Å². The zero-order valence-electron chi connectivity index (χ0n) is 10.8. The highest BCUT2D eigenvalue weighted by Gasteiger charge is 2.39. The molecule has 2 N–H and O–H groups in total. The number of amides is 2. The van der Waals surface area contributed by atoms with E-state index in [1.807, 2.05) is 9.80 Å². The molecule has 2 fully saturated rings. The Morgan fingerprint density at radius 1 is 1.11 bits per heavy atom. The number of urea groups is 1. The molecule has 3 aliphatic heterocycles. The van der Waals surface area contributed by atoms with Crippen LogP contribution in [0, 0.1) is 11.8 Å². The highest BCUT2D eigenvalue weighted by molar-refractivity contribution is 5.75. The van der Waals surface area contributed by atoms with Gasteiger partial charge in [-0.25, -0.2) is 4.79 Å². The van der Waals surface area contributed by atoms with Crippen LogP contribution in [0.3, 0.4) is 0 Å². The number of aromatic nitrogens is 3. The van der Waals surface area contributed by atoms with Crippen LogP contribution in [0.15, 0.2) is 0 Å². The molecule has 0 saturated carbocycles. The van der Waals surface area contributed by atoms with Gasteiger partial charge in [0, 0.05) is 39.1 Å². The lowest BCUT2D eigenvalue weighted by molar-refractivity contribution is 0.153. The molecule has 0 aromatic carbocycles. The van der Waals surface area contributed by atoms with Crippen LogP contribution < -0.4 is 5.32 Å². The fourth-order valence-corrected chi connectivity index (χ4v) is 3.48. The first kappa shape index (κ1) is 11.2. The molecule has 3 aliphatic rings. The van der Waals surface area contributed by atoms with Crippen molar-refractivity contribution in [2.75, 3.05) is 32.7 Å². The lowest BCUT2D eigenvalue weighted by Gasteiger charge is -2.30. The number of carbonyl (C=O) groups is 1. The van der Waals surface area contributed by atoms with E-state index < -0.39 is 0 Å². The largest absolute Gasteiger partial charge is 0.324 e. The summed E-state index contributed by atoms with van der Waals surface area (Å²) in [6.07, 6.45) is 0.805. The predicted octanol–water partition coefficient (Wildman–Crippen LogP) is -0.566. The van der Waals surface area contributed by atoms with E-state index in [4.69, 9.17) is 0 Å². The number of fused-ring (bicyclic) bond motifs is 2. The van der Waals surface area contributed by atoms with Crippen molar-refractivity contribution in [1.82, 2.24) is 30.5 Å². The number of hydrogen-bond donors (Lipinski definition) is 2. The third-order valence-electron chi connectivity index (χ3n) is 4.59. The maximum Gasteiger partial charge on any atom is 0.320 e. The fourth-order valence-electron chi connectivity index (χ4n) is 3.48. The van der Waals surface area contributed by atoms with Crippen LogP contribution in [0.4, 0.5) is 4.79 Å². The molecule has 0 radical (unpaired) electrons.